The average Bonchev–Trinajstić information content (AvgIpc) is 2.55. The van der Waals surface area contributed by atoms with Gasteiger partial charge < -0.3 is 20.6 Å². The number of urea groups is 1. The van der Waals surface area contributed by atoms with E-state index in [0.29, 0.717) is 13.1 Å². The molecule has 134 valence electrons. The molecule has 2 rings (SSSR count). The second kappa shape index (κ2) is 9.48. The van der Waals surface area contributed by atoms with Gasteiger partial charge in [0.2, 0.25) is 0 Å². The SMILES string of the molecule is CC1CCN(CCCCNC(=O)NCC2(O)CCCCC2)CC1. The van der Waals surface area contributed by atoms with E-state index in [4.69, 9.17) is 0 Å². The Morgan fingerprint density at radius 3 is 2.52 bits per heavy atom. The van der Waals surface area contributed by atoms with E-state index in [-0.39, 0.29) is 6.03 Å². The van der Waals surface area contributed by atoms with Gasteiger partial charge in [0.05, 0.1) is 5.60 Å². The molecule has 0 spiro atoms. The summed E-state index contributed by atoms with van der Waals surface area (Å²) in [4.78, 5) is 14.3. The van der Waals surface area contributed by atoms with E-state index in [2.05, 4.69) is 22.5 Å². The minimum absolute atomic E-state index is 0.143. The first kappa shape index (κ1) is 18.5. The van der Waals surface area contributed by atoms with Crippen molar-refractivity contribution in [1.29, 1.82) is 0 Å². The molecule has 23 heavy (non-hydrogen) atoms. The van der Waals surface area contributed by atoms with Crippen molar-refractivity contribution in [2.45, 2.75) is 70.3 Å². The number of likely N-dealkylation sites (tertiary alicyclic amines) is 1. The highest BCUT2D eigenvalue weighted by atomic mass is 16.3. The quantitative estimate of drug-likeness (QED) is 0.630. The average molecular weight is 325 g/mol. The van der Waals surface area contributed by atoms with Gasteiger partial charge in [0.25, 0.3) is 0 Å². The number of hydrogen-bond donors (Lipinski definition) is 3. The molecule has 2 aliphatic rings. The molecule has 5 nitrogen and oxygen atoms in total. The van der Waals surface area contributed by atoms with Crippen molar-refractivity contribution in [3.05, 3.63) is 0 Å². The number of nitrogens with zero attached hydrogens (tertiary/aromatic N) is 1. The van der Waals surface area contributed by atoms with Crippen LogP contribution in [0.3, 0.4) is 0 Å². The van der Waals surface area contributed by atoms with E-state index in [9.17, 15) is 9.90 Å². The summed E-state index contributed by atoms with van der Waals surface area (Å²) >= 11 is 0. The Kier molecular flexibility index (Phi) is 7.63. The number of aliphatic hydroxyl groups is 1. The zero-order chi connectivity index (χ0) is 16.5. The van der Waals surface area contributed by atoms with Gasteiger partial charge in [-0.1, -0.05) is 26.2 Å². The highest BCUT2D eigenvalue weighted by molar-refractivity contribution is 5.73. The standard InChI is InChI=1S/C18H35N3O2/c1-16-7-13-21(14-8-16)12-6-5-11-19-17(22)20-15-18(23)9-3-2-4-10-18/h16,23H,2-15H2,1H3,(H2,19,20,22). The Balaban J connectivity index is 1.46. The Bertz CT molecular complexity index is 348. The van der Waals surface area contributed by atoms with Crippen LogP contribution in [0.2, 0.25) is 0 Å². The lowest BCUT2D eigenvalue weighted by atomic mass is 9.85. The lowest BCUT2D eigenvalue weighted by Gasteiger charge is -2.32. The van der Waals surface area contributed by atoms with Gasteiger partial charge in [-0.15, -0.1) is 0 Å². The lowest BCUT2D eigenvalue weighted by Crippen LogP contribution is -2.47. The molecule has 2 amide bonds. The van der Waals surface area contributed by atoms with Crippen LogP contribution in [-0.4, -0.2) is 54.4 Å². The Labute approximate surface area is 141 Å². The van der Waals surface area contributed by atoms with Gasteiger partial charge >= 0.3 is 6.03 Å². The van der Waals surface area contributed by atoms with Crippen LogP contribution in [0.1, 0.15) is 64.7 Å². The molecule has 0 radical (unpaired) electrons. The van der Waals surface area contributed by atoms with Crippen LogP contribution in [0.4, 0.5) is 4.79 Å². The molecule has 3 N–H and O–H groups in total. The first-order chi connectivity index (χ1) is 11.1. The number of hydrogen-bond acceptors (Lipinski definition) is 3. The zero-order valence-electron chi connectivity index (χ0n) is 14.8. The molecule has 0 aromatic carbocycles. The fraction of sp³-hybridized carbons (Fsp3) is 0.944. The fourth-order valence-electron chi connectivity index (χ4n) is 3.64. The molecule has 0 aromatic rings. The van der Waals surface area contributed by atoms with Gasteiger partial charge in [-0.3, -0.25) is 0 Å². The molecule has 5 heteroatoms. The van der Waals surface area contributed by atoms with Crippen molar-refractivity contribution in [1.82, 2.24) is 15.5 Å². The smallest absolute Gasteiger partial charge is 0.314 e. The molecule has 1 saturated carbocycles. The van der Waals surface area contributed by atoms with Crippen molar-refractivity contribution in [3.8, 4) is 0 Å². The predicted octanol–water partition coefficient (Wildman–Crippen LogP) is 2.49. The summed E-state index contributed by atoms with van der Waals surface area (Å²) in [6, 6.07) is -0.143. The Hall–Kier alpha value is -0.810. The summed E-state index contributed by atoms with van der Waals surface area (Å²) in [5.41, 5.74) is -0.680. The van der Waals surface area contributed by atoms with Crippen LogP contribution in [0.15, 0.2) is 0 Å². The van der Waals surface area contributed by atoms with Crippen molar-refractivity contribution in [2.75, 3.05) is 32.7 Å². The van der Waals surface area contributed by atoms with Gasteiger partial charge in [0.1, 0.15) is 0 Å². The molecule has 1 aliphatic carbocycles. The summed E-state index contributed by atoms with van der Waals surface area (Å²) in [5, 5.41) is 16.1. The van der Waals surface area contributed by atoms with Gasteiger partial charge in [0, 0.05) is 13.1 Å². The maximum absolute atomic E-state index is 11.8. The second-order valence-electron chi connectivity index (χ2n) is 7.63. The second-order valence-corrected chi connectivity index (χ2v) is 7.63. The fourth-order valence-corrected chi connectivity index (χ4v) is 3.64. The van der Waals surface area contributed by atoms with E-state index in [1.807, 2.05) is 0 Å². The van der Waals surface area contributed by atoms with Gasteiger partial charge in [0.15, 0.2) is 0 Å². The predicted molar refractivity (Wildman–Crippen MR) is 93.5 cm³/mol. The van der Waals surface area contributed by atoms with Gasteiger partial charge in [-0.05, 0) is 64.1 Å². The molecular formula is C18H35N3O2. The Morgan fingerprint density at radius 1 is 1.13 bits per heavy atom. The molecule has 1 saturated heterocycles. The number of amides is 2. The maximum atomic E-state index is 11.8. The van der Waals surface area contributed by atoms with E-state index < -0.39 is 5.60 Å². The van der Waals surface area contributed by atoms with E-state index in [1.54, 1.807) is 0 Å². The molecular weight excluding hydrogens is 290 g/mol. The largest absolute Gasteiger partial charge is 0.388 e. The van der Waals surface area contributed by atoms with E-state index in [1.165, 1.54) is 32.4 Å². The van der Waals surface area contributed by atoms with Crippen LogP contribution in [0, 0.1) is 5.92 Å². The number of unbranched alkanes of at least 4 members (excludes halogenated alkanes) is 1. The molecule has 0 aromatic heterocycles. The van der Waals surface area contributed by atoms with Crippen molar-refractivity contribution in [2.24, 2.45) is 5.92 Å². The minimum atomic E-state index is -0.680. The normalized spacial score (nSPS) is 22.7. The molecule has 0 atom stereocenters. The molecule has 1 aliphatic heterocycles. The molecule has 1 heterocycles. The number of carbonyl (C=O) groups is 1. The van der Waals surface area contributed by atoms with Crippen LogP contribution < -0.4 is 10.6 Å². The summed E-state index contributed by atoms with van der Waals surface area (Å²) in [5.74, 6) is 0.885. The third-order valence-corrected chi connectivity index (χ3v) is 5.43. The summed E-state index contributed by atoms with van der Waals surface area (Å²) in [6.07, 6.45) is 9.74. The van der Waals surface area contributed by atoms with Gasteiger partial charge in [-0.25, -0.2) is 4.79 Å². The number of carbonyl (C=O) groups excluding carboxylic acids is 1. The van der Waals surface area contributed by atoms with Crippen LogP contribution >= 0.6 is 0 Å². The van der Waals surface area contributed by atoms with Gasteiger partial charge in [-0.2, -0.15) is 0 Å². The van der Waals surface area contributed by atoms with Crippen LogP contribution in [0.25, 0.3) is 0 Å². The molecule has 0 bridgehead atoms. The van der Waals surface area contributed by atoms with Crippen LogP contribution in [0.5, 0.6) is 0 Å². The molecule has 2 fully saturated rings. The van der Waals surface area contributed by atoms with E-state index in [0.717, 1.165) is 51.0 Å². The third kappa shape index (κ3) is 7.08. The van der Waals surface area contributed by atoms with Crippen LogP contribution in [-0.2, 0) is 0 Å². The molecule has 0 unspecified atom stereocenters. The maximum Gasteiger partial charge on any atom is 0.314 e. The highest BCUT2D eigenvalue weighted by Crippen LogP contribution is 2.27. The zero-order valence-corrected chi connectivity index (χ0v) is 14.8. The lowest BCUT2D eigenvalue weighted by molar-refractivity contribution is 0.00720. The first-order valence-electron chi connectivity index (χ1n) is 9.54. The number of piperidine rings is 1. The van der Waals surface area contributed by atoms with Crippen molar-refractivity contribution >= 4 is 6.03 Å². The summed E-state index contributed by atoms with van der Waals surface area (Å²) in [6.45, 7) is 7.04. The monoisotopic (exact) mass is 325 g/mol. The first-order valence-corrected chi connectivity index (χ1v) is 9.54. The third-order valence-electron chi connectivity index (χ3n) is 5.43. The van der Waals surface area contributed by atoms with Crippen molar-refractivity contribution < 1.29 is 9.90 Å². The Morgan fingerprint density at radius 2 is 1.83 bits per heavy atom. The number of rotatable bonds is 7. The highest BCUT2D eigenvalue weighted by Gasteiger charge is 2.29. The minimum Gasteiger partial charge on any atom is -0.388 e. The van der Waals surface area contributed by atoms with E-state index >= 15 is 0 Å². The summed E-state index contributed by atoms with van der Waals surface area (Å²) in [7, 11) is 0. The van der Waals surface area contributed by atoms with Crippen molar-refractivity contribution in [3.63, 3.8) is 0 Å². The topological polar surface area (TPSA) is 64.6 Å². The number of nitrogens with one attached hydrogen (secondary N) is 2. The summed E-state index contributed by atoms with van der Waals surface area (Å²) < 4.78 is 0.